The van der Waals surface area contributed by atoms with Gasteiger partial charge in [0.15, 0.2) is 21.4 Å². The SMILES string of the molecule is O=P(c1ccccc1)(c1ccccc1)c1ccc(-c2ccc(-c3ccc4c5ccccc5c5nc6ccccc6n5c4c3)cc2)cc1.O=P(c1ccccc1)(c1ccccc1)c1ccc2cc(-c3ccc(-c4ccc5c6ccccc6c6nc7ccccc7n6c5c4)cc3)ccc2c1.O=P(c1ccccc1)(c1ccccc1)c1ccc2cc(-c3ccc4c5ccccc5c5nc6ccccc6n5c4c3)ccc2c1. The lowest BCUT2D eigenvalue weighted by atomic mass is 9.97. The van der Waals surface area contributed by atoms with Crippen LogP contribution in [0.15, 0.2) is 528 Å². The van der Waals surface area contributed by atoms with Gasteiger partial charge in [-0.25, -0.2) is 15.0 Å². The minimum Gasteiger partial charge on any atom is -0.309 e. The van der Waals surface area contributed by atoms with E-state index in [2.05, 4.69) is 323 Å². The first-order valence-electron chi connectivity index (χ1n) is 48.2. The quantitative estimate of drug-likeness (QED) is 0.0794. The van der Waals surface area contributed by atoms with E-state index in [0.717, 1.165) is 208 Å². The molecule has 6 heterocycles. The Kier molecular flexibility index (Phi) is 21.3. The smallest absolute Gasteiger partial charge is 0.171 e. The number of imidazole rings is 3. The van der Waals surface area contributed by atoms with Crippen molar-refractivity contribution in [3.8, 4) is 55.6 Å². The monoisotopic (exact) mass is 1880 g/mol. The van der Waals surface area contributed by atoms with Gasteiger partial charge in [0.25, 0.3) is 0 Å². The number of fused-ring (bicyclic) bond motifs is 26. The molecule has 143 heavy (non-hydrogen) atoms. The molecule has 28 aromatic rings. The Labute approximate surface area is 825 Å². The first kappa shape index (κ1) is 85.8. The first-order chi connectivity index (χ1) is 70.5. The maximum Gasteiger partial charge on any atom is 0.171 e. The van der Waals surface area contributed by atoms with Crippen LogP contribution in [0.2, 0.25) is 0 Å². The minimum absolute atomic E-state index is 0.831. The molecule has 12 heteroatoms. The van der Waals surface area contributed by atoms with E-state index < -0.39 is 21.4 Å². The summed E-state index contributed by atoms with van der Waals surface area (Å²) in [4.78, 5) is 15.1. The van der Waals surface area contributed by atoms with Crippen LogP contribution in [0.25, 0.3) is 192 Å². The predicted molar refractivity (Wildman–Crippen MR) is 603 cm³/mol. The second-order valence-electron chi connectivity index (χ2n) is 36.6. The zero-order valence-electron chi connectivity index (χ0n) is 77.5. The number of hydrogen-bond donors (Lipinski definition) is 0. The Morgan fingerprint density at radius 2 is 0.336 bits per heavy atom. The van der Waals surface area contributed by atoms with E-state index in [1.54, 1.807) is 0 Å². The van der Waals surface area contributed by atoms with Crippen molar-refractivity contribution in [3.05, 3.63) is 528 Å². The summed E-state index contributed by atoms with van der Waals surface area (Å²) in [6.07, 6.45) is 0. The van der Waals surface area contributed by atoms with E-state index in [4.69, 9.17) is 15.0 Å². The summed E-state index contributed by atoms with van der Waals surface area (Å²) in [7, 11) is -9.09. The lowest BCUT2D eigenvalue weighted by molar-refractivity contribution is 0.591. The van der Waals surface area contributed by atoms with E-state index in [0.29, 0.717) is 0 Å². The maximum absolute atomic E-state index is 14.9. The normalized spacial score (nSPS) is 12.0. The molecule has 0 amide bonds. The molecule has 0 aliphatic rings. The van der Waals surface area contributed by atoms with E-state index in [1.807, 2.05) is 218 Å². The second-order valence-corrected chi connectivity index (χ2v) is 44.9. The highest BCUT2D eigenvalue weighted by atomic mass is 31.2. The van der Waals surface area contributed by atoms with E-state index in [-0.39, 0.29) is 0 Å². The van der Waals surface area contributed by atoms with Crippen molar-refractivity contribution in [2.24, 2.45) is 0 Å². The fraction of sp³-hybridized carbons (Fsp3) is 0. The Morgan fingerprint density at radius 3 is 0.643 bits per heavy atom. The zero-order chi connectivity index (χ0) is 95.3. The molecule has 9 nitrogen and oxygen atoms in total. The molecule has 6 aromatic heterocycles. The van der Waals surface area contributed by atoms with Gasteiger partial charge >= 0.3 is 0 Å². The van der Waals surface area contributed by atoms with Gasteiger partial charge in [0.05, 0.1) is 49.7 Å². The summed E-state index contributed by atoms with van der Waals surface area (Å²) in [5, 5.41) is 22.6. The van der Waals surface area contributed by atoms with Crippen molar-refractivity contribution in [1.82, 2.24) is 28.2 Å². The number of nitrogens with zero attached hydrogens (tertiary/aromatic N) is 6. The van der Waals surface area contributed by atoms with Crippen LogP contribution in [0.3, 0.4) is 0 Å². The Morgan fingerprint density at radius 1 is 0.140 bits per heavy atom. The van der Waals surface area contributed by atoms with Gasteiger partial charge in [0.2, 0.25) is 0 Å². The standard InChI is InChI=1S/C47H31N2OP.C43H29N2OP.C41H27N2OP/c50-51(38-11-3-1-4-12-38,39-13-5-2-6-14-39)40-27-25-35-29-34(23-24-36(35)30-40)32-19-21-33(22-20-32)37-26-28-42-41-15-7-8-16-43(41)47-48-44-17-9-10-18-45(44)49(47)46(42)31-37;46-47(34-11-3-1-4-12-34,35-13-5-2-6-14-35)36-26-23-31(24-27-36)30-19-21-32(22-20-30)33-25-28-38-37-15-7-8-16-39(37)43-44-40-17-9-10-18-41(40)45(43)42(38)29-33;44-45(32-11-3-1-4-12-32,33-13-5-2-6-14-33)34-23-21-29-25-28(19-20-30(29)26-34)31-22-24-36-35-15-7-8-16-37(35)41-42-38-17-9-10-18-39(38)43(41)40(36)27-31/h1-31H;1-29H;1-27H. The Hall–Kier alpha value is -17.5. The topological polar surface area (TPSA) is 103 Å². The van der Waals surface area contributed by atoms with Gasteiger partial charge in [-0.1, -0.05) is 449 Å². The molecule has 674 valence electrons. The van der Waals surface area contributed by atoms with Crippen molar-refractivity contribution >= 4 is 206 Å². The van der Waals surface area contributed by atoms with E-state index in [9.17, 15) is 13.7 Å². The number of para-hydroxylation sites is 6. The van der Waals surface area contributed by atoms with Crippen molar-refractivity contribution in [1.29, 1.82) is 0 Å². The third kappa shape index (κ3) is 14.8. The van der Waals surface area contributed by atoms with Crippen LogP contribution < -0.4 is 47.7 Å². The molecule has 0 radical (unpaired) electrons. The van der Waals surface area contributed by atoms with Crippen molar-refractivity contribution in [3.63, 3.8) is 0 Å². The van der Waals surface area contributed by atoms with Gasteiger partial charge in [-0.15, -0.1) is 0 Å². The molecule has 0 bridgehead atoms. The number of aromatic nitrogens is 6. The van der Waals surface area contributed by atoms with Crippen LogP contribution in [0.5, 0.6) is 0 Å². The summed E-state index contributed by atoms with van der Waals surface area (Å²) in [6, 6.07) is 181. The molecule has 0 fully saturated rings. The second kappa shape index (κ2) is 35.4. The first-order valence-corrected chi connectivity index (χ1v) is 53.3. The highest BCUT2D eigenvalue weighted by molar-refractivity contribution is 7.86. The molecule has 0 saturated heterocycles. The fourth-order valence-electron chi connectivity index (χ4n) is 21.4. The summed E-state index contributed by atoms with van der Waals surface area (Å²) >= 11 is 0. The lowest BCUT2D eigenvalue weighted by Crippen LogP contribution is -2.24. The predicted octanol–water partition coefficient (Wildman–Crippen LogP) is 29.9. The molecule has 0 aliphatic carbocycles. The fourth-order valence-corrected chi connectivity index (χ4v) is 29.4. The highest BCUT2D eigenvalue weighted by Gasteiger charge is 2.34. The van der Waals surface area contributed by atoms with Crippen LogP contribution in [0.4, 0.5) is 0 Å². The number of rotatable bonds is 14. The summed E-state index contributed by atoms with van der Waals surface area (Å²) in [6.45, 7) is 0. The third-order valence-corrected chi connectivity index (χ3v) is 37.7. The van der Waals surface area contributed by atoms with Gasteiger partial charge in [-0.2, -0.15) is 0 Å². The van der Waals surface area contributed by atoms with Gasteiger partial charge in [0.1, 0.15) is 16.9 Å². The molecule has 22 aromatic carbocycles. The van der Waals surface area contributed by atoms with Crippen LogP contribution in [0.1, 0.15) is 0 Å². The highest BCUT2D eigenvalue weighted by Crippen LogP contribution is 2.48. The van der Waals surface area contributed by atoms with E-state index >= 15 is 0 Å². The number of benzene rings is 22. The van der Waals surface area contributed by atoms with Crippen LogP contribution in [-0.4, -0.2) is 28.2 Å². The molecule has 0 N–H and O–H groups in total. The molecule has 28 rings (SSSR count). The average molecular weight is 1890 g/mol. The number of hydrogen-bond acceptors (Lipinski definition) is 6. The van der Waals surface area contributed by atoms with Crippen LogP contribution >= 0.6 is 21.4 Å². The molecular weight excluding hydrogens is 1800 g/mol. The van der Waals surface area contributed by atoms with Crippen LogP contribution in [0, 0.1) is 0 Å². The van der Waals surface area contributed by atoms with Crippen molar-refractivity contribution < 1.29 is 13.7 Å². The van der Waals surface area contributed by atoms with Crippen molar-refractivity contribution in [2.75, 3.05) is 0 Å². The summed E-state index contributed by atoms with van der Waals surface area (Å²) in [5.74, 6) is 0. The molecule has 0 spiro atoms. The Balaban J connectivity index is 0.000000110. The van der Waals surface area contributed by atoms with Gasteiger partial charge < -0.3 is 13.7 Å². The minimum atomic E-state index is -3.04. The largest absolute Gasteiger partial charge is 0.309 e. The van der Waals surface area contributed by atoms with Gasteiger partial charge in [0, 0.05) is 80.1 Å². The number of pyridine rings is 3. The molecular formula is C131H87N6O3P3. The van der Waals surface area contributed by atoms with Gasteiger partial charge in [-0.3, -0.25) is 13.2 Å². The summed E-state index contributed by atoms with van der Waals surface area (Å²) in [5.41, 5.74) is 24.1. The third-order valence-electron chi connectivity index (χ3n) is 28.5. The lowest BCUT2D eigenvalue weighted by Gasteiger charge is -2.20. The van der Waals surface area contributed by atoms with Gasteiger partial charge in [-0.05, 0) is 172 Å². The Bertz CT molecular complexity index is 9930. The maximum atomic E-state index is 14.9. The van der Waals surface area contributed by atoms with Crippen molar-refractivity contribution in [2.45, 2.75) is 0 Å². The average Bonchev–Trinajstić information content (AvgIpc) is 1.59. The zero-order valence-corrected chi connectivity index (χ0v) is 80.2. The van der Waals surface area contributed by atoms with E-state index in [1.165, 1.54) is 32.3 Å². The molecule has 0 aliphatic heterocycles. The van der Waals surface area contributed by atoms with Crippen LogP contribution in [-0.2, 0) is 13.7 Å². The molecule has 0 saturated carbocycles. The molecule has 0 atom stereocenters. The molecule has 0 unspecified atom stereocenters. The summed E-state index contributed by atoms with van der Waals surface area (Å²) < 4.78 is 51.5.